The number of nitrogens with zero attached hydrogens (tertiary/aromatic N) is 2. The summed E-state index contributed by atoms with van der Waals surface area (Å²) < 4.78 is 0. The van der Waals surface area contributed by atoms with E-state index in [4.69, 9.17) is 16.4 Å². The summed E-state index contributed by atoms with van der Waals surface area (Å²) in [6.07, 6.45) is 1.52. The van der Waals surface area contributed by atoms with E-state index in [1.165, 1.54) is 6.20 Å². The third-order valence-electron chi connectivity index (χ3n) is 1.08. The summed E-state index contributed by atoms with van der Waals surface area (Å²) in [5, 5.41) is 15.4. The van der Waals surface area contributed by atoms with Crippen molar-refractivity contribution in [2.45, 2.75) is 4.90 Å². The summed E-state index contributed by atoms with van der Waals surface area (Å²) >= 11 is 1.11. The van der Waals surface area contributed by atoms with Crippen molar-refractivity contribution in [1.82, 2.24) is 4.98 Å². The summed E-state index contributed by atoms with van der Waals surface area (Å²) in [6.45, 7) is 0. The van der Waals surface area contributed by atoms with Gasteiger partial charge in [0.2, 0.25) is 0 Å². The van der Waals surface area contributed by atoms with Crippen LogP contribution in [0.1, 0.15) is 5.69 Å². The van der Waals surface area contributed by atoms with Crippen LogP contribution in [0.2, 0.25) is 0 Å². The zero-order valence-corrected chi connectivity index (χ0v) is 6.93. The molecule has 60 valence electrons. The van der Waals surface area contributed by atoms with Gasteiger partial charge in [0.25, 0.3) is 0 Å². The van der Waals surface area contributed by atoms with Gasteiger partial charge < -0.3 is 5.73 Å². The Kier molecular flexibility index (Phi) is 2.66. The van der Waals surface area contributed by atoms with Gasteiger partial charge >= 0.3 is 0 Å². The van der Waals surface area contributed by atoms with Gasteiger partial charge in [-0.15, -0.1) is 0 Å². The van der Waals surface area contributed by atoms with Gasteiger partial charge in [0.15, 0.2) is 5.17 Å². The molecule has 1 rings (SSSR count). The zero-order chi connectivity index (χ0) is 8.97. The van der Waals surface area contributed by atoms with Crippen LogP contribution in [0.4, 0.5) is 0 Å². The molecule has 1 heterocycles. The van der Waals surface area contributed by atoms with Gasteiger partial charge in [-0.05, 0) is 12.1 Å². The fourth-order valence-corrected chi connectivity index (χ4v) is 1.13. The highest BCUT2D eigenvalue weighted by Gasteiger charge is 1.96. The molecule has 1 aromatic heterocycles. The molecule has 0 spiro atoms. The molecule has 1 aromatic rings. The summed E-state index contributed by atoms with van der Waals surface area (Å²) in [5.74, 6) is 0. The lowest BCUT2D eigenvalue weighted by Crippen LogP contribution is -2.02. The molecular weight excluding hydrogens is 172 g/mol. The number of pyridine rings is 1. The van der Waals surface area contributed by atoms with E-state index in [0.29, 0.717) is 5.69 Å². The summed E-state index contributed by atoms with van der Waals surface area (Å²) in [4.78, 5) is 4.58. The molecule has 12 heavy (non-hydrogen) atoms. The number of amidine groups is 1. The Bertz CT molecular complexity index is 324. The summed E-state index contributed by atoms with van der Waals surface area (Å²) in [6, 6.07) is 5.20. The number of nitrogens with one attached hydrogen (secondary N) is 1. The lowest BCUT2D eigenvalue weighted by atomic mass is 10.4. The monoisotopic (exact) mass is 178 g/mol. The standard InChI is InChI=1S/C7H6N4S/c8-3-5-1-2-6(4-11-5)12-7(9)10/h1-2,4H,(H3,9,10). The first-order chi connectivity index (χ1) is 5.72. The van der Waals surface area contributed by atoms with Crippen LogP contribution in [0.15, 0.2) is 23.2 Å². The van der Waals surface area contributed by atoms with Crippen molar-refractivity contribution < 1.29 is 0 Å². The normalized spacial score (nSPS) is 8.92. The van der Waals surface area contributed by atoms with E-state index in [2.05, 4.69) is 4.98 Å². The molecule has 0 bridgehead atoms. The van der Waals surface area contributed by atoms with Crippen LogP contribution in [-0.2, 0) is 0 Å². The molecule has 0 saturated carbocycles. The molecule has 0 amide bonds. The second kappa shape index (κ2) is 3.74. The Morgan fingerprint density at radius 3 is 2.83 bits per heavy atom. The van der Waals surface area contributed by atoms with Crippen molar-refractivity contribution in [3.8, 4) is 6.07 Å². The van der Waals surface area contributed by atoms with Crippen molar-refractivity contribution in [3.05, 3.63) is 24.0 Å². The molecule has 0 aliphatic carbocycles. The van der Waals surface area contributed by atoms with Gasteiger partial charge in [-0.25, -0.2) is 4.98 Å². The first kappa shape index (κ1) is 8.56. The maximum Gasteiger partial charge on any atom is 0.156 e. The largest absolute Gasteiger partial charge is 0.378 e. The number of hydrogen-bond donors (Lipinski definition) is 2. The molecular formula is C7H6N4S. The number of nitrogens with two attached hydrogens (primary N) is 1. The molecule has 0 saturated heterocycles. The van der Waals surface area contributed by atoms with Crippen LogP contribution < -0.4 is 5.73 Å². The van der Waals surface area contributed by atoms with Gasteiger partial charge in [-0.1, -0.05) is 11.8 Å². The molecule has 0 aromatic carbocycles. The highest BCUT2D eigenvalue weighted by Crippen LogP contribution is 2.15. The van der Waals surface area contributed by atoms with E-state index in [1.807, 2.05) is 6.07 Å². The van der Waals surface area contributed by atoms with E-state index < -0.39 is 0 Å². The minimum Gasteiger partial charge on any atom is -0.378 e. The Morgan fingerprint density at radius 1 is 1.67 bits per heavy atom. The second-order valence-corrected chi connectivity index (χ2v) is 3.07. The Morgan fingerprint density at radius 2 is 2.42 bits per heavy atom. The van der Waals surface area contributed by atoms with Crippen molar-refractivity contribution in [2.75, 3.05) is 0 Å². The fraction of sp³-hybridized carbons (Fsp3) is 0. The number of rotatable bonds is 1. The fourth-order valence-electron chi connectivity index (χ4n) is 0.634. The minimum atomic E-state index is 0.0153. The number of thioether (sulfide) groups is 1. The molecule has 0 atom stereocenters. The Hall–Kier alpha value is -1.54. The lowest BCUT2D eigenvalue weighted by Gasteiger charge is -1.96. The summed E-state index contributed by atoms with van der Waals surface area (Å²) in [5.41, 5.74) is 5.51. The minimum absolute atomic E-state index is 0.0153. The molecule has 4 nitrogen and oxygen atoms in total. The topological polar surface area (TPSA) is 86.5 Å². The van der Waals surface area contributed by atoms with Crippen LogP contribution in [-0.4, -0.2) is 10.2 Å². The van der Waals surface area contributed by atoms with Gasteiger partial charge in [0.05, 0.1) is 0 Å². The molecule has 0 unspecified atom stereocenters. The predicted molar refractivity (Wildman–Crippen MR) is 46.7 cm³/mol. The number of hydrogen-bond acceptors (Lipinski definition) is 4. The van der Waals surface area contributed by atoms with Gasteiger partial charge in [0, 0.05) is 11.1 Å². The van der Waals surface area contributed by atoms with E-state index in [-0.39, 0.29) is 5.17 Å². The third-order valence-corrected chi connectivity index (χ3v) is 1.78. The van der Waals surface area contributed by atoms with Crippen LogP contribution in [0, 0.1) is 16.7 Å². The highest BCUT2D eigenvalue weighted by molar-refractivity contribution is 8.13. The van der Waals surface area contributed by atoms with Crippen LogP contribution in [0.5, 0.6) is 0 Å². The quantitative estimate of drug-likeness (QED) is 0.380. The van der Waals surface area contributed by atoms with Crippen molar-refractivity contribution >= 4 is 16.9 Å². The smallest absolute Gasteiger partial charge is 0.156 e. The molecule has 5 heteroatoms. The lowest BCUT2D eigenvalue weighted by molar-refractivity contribution is 1.20. The molecule has 0 radical (unpaired) electrons. The Labute approximate surface area is 73.9 Å². The summed E-state index contributed by atoms with van der Waals surface area (Å²) in [7, 11) is 0. The first-order valence-corrected chi connectivity index (χ1v) is 3.92. The van der Waals surface area contributed by atoms with Crippen molar-refractivity contribution in [1.29, 1.82) is 10.7 Å². The molecule has 3 N–H and O–H groups in total. The van der Waals surface area contributed by atoms with E-state index in [9.17, 15) is 0 Å². The predicted octanol–water partition coefficient (Wildman–Crippen LogP) is 0.939. The van der Waals surface area contributed by atoms with Crippen LogP contribution in [0.3, 0.4) is 0 Å². The number of nitriles is 1. The van der Waals surface area contributed by atoms with Crippen molar-refractivity contribution in [3.63, 3.8) is 0 Å². The molecule has 0 fully saturated rings. The van der Waals surface area contributed by atoms with E-state index in [0.717, 1.165) is 16.7 Å². The SMILES string of the molecule is N#Cc1ccc(SC(=N)N)cn1. The molecule has 0 aliphatic heterocycles. The average molecular weight is 178 g/mol. The number of aromatic nitrogens is 1. The van der Waals surface area contributed by atoms with Gasteiger partial charge in [-0.2, -0.15) is 5.26 Å². The van der Waals surface area contributed by atoms with E-state index >= 15 is 0 Å². The Balaban J connectivity index is 2.80. The third kappa shape index (κ3) is 2.25. The van der Waals surface area contributed by atoms with Gasteiger partial charge in [0.1, 0.15) is 11.8 Å². The van der Waals surface area contributed by atoms with Crippen molar-refractivity contribution in [2.24, 2.45) is 5.73 Å². The zero-order valence-electron chi connectivity index (χ0n) is 6.11. The highest BCUT2D eigenvalue weighted by atomic mass is 32.2. The second-order valence-electron chi connectivity index (χ2n) is 1.96. The average Bonchev–Trinajstić information content (AvgIpc) is 2.05. The molecule has 0 aliphatic rings. The van der Waals surface area contributed by atoms with Crippen LogP contribution in [0.25, 0.3) is 0 Å². The maximum absolute atomic E-state index is 8.42. The first-order valence-electron chi connectivity index (χ1n) is 3.10. The maximum atomic E-state index is 8.42. The van der Waals surface area contributed by atoms with Crippen LogP contribution >= 0.6 is 11.8 Å². The van der Waals surface area contributed by atoms with Gasteiger partial charge in [-0.3, -0.25) is 5.41 Å². The van der Waals surface area contributed by atoms with E-state index in [1.54, 1.807) is 12.1 Å².